The number of hydrogen-bond donors (Lipinski definition) is 0. The van der Waals surface area contributed by atoms with Crippen LogP contribution in [0.2, 0.25) is 0 Å². The van der Waals surface area contributed by atoms with Crippen molar-refractivity contribution in [1.29, 1.82) is 0 Å². The van der Waals surface area contributed by atoms with Gasteiger partial charge in [-0.15, -0.1) is 0 Å². The smallest absolute Gasteiger partial charge is 0.312 e. The fraction of sp³-hybridized carbons (Fsp3) is 0.786. The lowest BCUT2D eigenvalue weighted by Gasteiger charge is -2.33. The Hall–Kier alpha value is -1.63. The molecular weight excluding hydrogens is 276 g/mol. The van der Waals surface area contributed by atoms with E-state index < -0.39 is 11.8 Å². The molecule has 1 atom stereocenters. The van der Waals surface area contributed by atoms with E-state index in [4.69, 9.17) is 9.47 Å². The summed E-state index contributed by atoms with van der Waals surface area (Å²) in [6, 6.07) is 0. The monoisotopic (exact) mass is 298 g/mol. The van der Waals surface area contributed by atoms with E-state index in [1.54, 1.807) is 6.92 Å². The fourth-order valence-corrected chi connectivity index (χ4v) is 2.65. The van der Waals surface area contributed by atoms with E-state index in [1.807, 2.05) is 0 Å². The first-order chi connectivity index (χ1) is 10.1. The molecule has 2 aliphatic heterocycles. The number of likely N-dealkylation sites (tertiary alicyclic amines) is 1. The molecule has 1 unspecified atom stereocenters. The number of morpholine rings is 1. The van der Waals surface area contributed by atoms with Gasteiger partial charge >= 0.3 is 17.8 Å². The summed E-state index contributed by atoms with van der Waals surface area (Å²) in [6.07, 6.45) is 1.42. The summed E-state index contributed by atoms with van der Waals surface area (Å²) in [6.45, 7) is 4.69. The molecule has 2 amide bonds. The zero-order valence-electron chi connectivity index (χ0n) is 12.4. The van der Waals surface area contributed by atoms with Gasteiger partial charge in [-0.05, 0) is 19.8 Å². The Labute approximate surface area is 124 Å². The molecule has 0 radical (unpaired) electrons. The van der Waals surface area contributed by atoms with Crippen molar-refractivity contribution in [2.45, 2.75) is 19.8 Å². The molecule has 2 aliphatic rings. The number of rotatable bonds is 2. The first-order valence-electron chi connectivity index (χ1n) is 7.46. The van der Waals surface area contributed by atoms with Gasteiger partial charge in [-0.3, -0.25) is 14.4 Å². The zero-order valence-corrected chi connectivity index (χ0v) is 12.4. The second-order valence-corrected chi connectivity index (χ2v) is 5.25. The average molecular weight is 298 g/mol. The predicted molar refractivity (Wildman–Crippen MR) is 73.3 cm³/mol. The molecule has 0 aliphatic carbocycles. The molecule has 118 valence electrons. The summed E-state index contributed by atoms with van der Waals surface area (Å²) in [5, 5.41) is 0. The van der Waals surface area contributed by atoms with Crippen LogP contribution in [-0.4, -0.2) is 73.6 Å². The van der Waals surface area contributed by atoms with Gasteiger partial charge in [-0.25, -0.2) is 0 Å². The quantitative estimate of drug-likeness (QED) is 0.514. The molecule has 7 nitrogen and oxygen atoms in total. The number of esters is 1. The highest BCUT2D eigenvalue weighted by atomic mass is 16.5. The molecule has 0 N–H and O–H groups in total. The van der Waals surface area contributed by atoms with E-state index in [0.717, 1.165) is 0 Å². The van der Waals surface area contributed by atoms with Crippen LogP contribution >= 0.6 is 0 Å². The van der Waals surface area contributed by atoms with E-state index in [1.165, 1.54) is 9.80 Å². The number of piperidine rings is 1. The summed E-state index contributed by atoms with van der Waals surface area (Å²) < 4.78 is 10.2. The van der Waals surface area contributed by atoms with E-state index in [-0.39, 0.29) is 18.4 Å². The van der Waals surface area contributed by atoms with Gasteiger partial charge in [-0.1, -0.05) is 0 Å². The largest absolute Gasteiger partial charge is 0.466 e. The lowest BCUT2D eigenvalue weighted by atomic mass is 9.98. The van der Waals surface area contributed by atoms with Gasteiger partial charge < -0.3 is 19.3 Å². The molecule has 2 heterocycles. The molecule has 2 fully saturated rings. The summed E-state index contributed by atoms with van der Waals surface area (Å²) in [5.41, 5.74) is 0. The second-order valence-electron chi connectivity index (χ2n) is 5.25. The van der Waals surface area contributed by atoms with E-state index in [0.29, 0.717) is 52.3 Å². The van der Waals surface area contributed by atoms with Crippen LogP contribution in [0, 0.1) is 5.92 Å². The minimum atomic E-state index is -0.522. The van der Waals surface area contributed by atoms with Crippen molar-refractivity contribution in [1.82, 2.24) is 9.80 Å². The van der Waals surface area contributed by atoms with Gasteiger partial charge in [0.15, 0.2) is 0 Å². The highest BCUT2D eigenvalue weighted by Gasteiger charge is 2.34. The van der Waals surface area contributed by atoms with E-state index >= 15 is 0 Å². The summed E-state index contributed by atoms with van der Waals surface area (Å²) in [5.74, 6) is -1.62. The van der Waals surface area contributed by atoms with Gasteiger partial charge in [0.1, 0.15) is 0 Å². The molecule has 7 heteroatoms. The fourth-order valence-electron chi connectivity index (χ4n) is 2.65. The standard InChI is InChI=1S/C14H22N2O5/c1-2-21-14(19)11-4-3-5-16(10-11)13(18)12(17)15-6-8-20-9-7-15/h11H,2-10H2,1H3. The third-order valence-electron chi connectivity index (χ3n) is 3.81. The van der Waals surface area contributed by atoms with Gasteiger partial charge in [0.25, 0.3) is 0 Å². The number of amides is 2. The van der Waals surface area contributed by atoms with Crippen LogP contribution in [0.15, 0.2) is 0 Å². The van der Waals surface area contributed by atoms with Crippen molar-refractivity contribution in [3.8, 4) is 0 Å². The van der Waals surface area contributed by atoms with Crippen molar-refractivity contribution in [3.05, 3.63) is 0 Å². The molecule has 0 spiro atoms. The van der Waals surface area contributed by atoms with Gasteiger partial charge in [-0.2, -0.15) is 0 Å². The molecule has 0 bridgehead atoms. The third kappa shape index (κ3) is 3.93. The summed E-state index contributed by atoms with van der Waals surface area (Å²) in [7, 11) is 0. The Bertz CT molecular complexity index is 406. The van der Waals surface area contributed by atoms with Gasteiger partial charge in [0.05, 0.1) is 25.7 Å². The van der Waals surface area contributed by atoms with Crippen molar-refractivity contribution >= 4 is 17.8 Å². The highest BCUT2D eigenvalue weighted by Crippen LogP contribution is 2.18. The Morgan fingerprint density at radius 1 is 1.10 bits per heavy atom. The SMILES string of the molecule is CCOC(=O)C1CCCN(C(=O)C(=O)N2CCOCC2)C1. The molecule has 2 rings (SSSR count). The molecule has 0 aromatic rings. The molecule has 2 saturated heterocycles. The Kier molecular flexibility index (Phi) is 5.55. The van der Waals surface area contributed by atoms with Gasteiger partial charge in [0, 0.05) is 26.2 Å². The molecule has 0 saturated carbocycles. The minimum absolute atomic E-state index is 0.272. The van der Waals surface area contributed by atoms with E-state index in [9.17, 15) is 14.4 Å². The second kappa shape index (κ2) is 7.40. The first-order valence-corrected chi connectivity index (χ1v) is 7.46. The van der Waals surface area contributed by atoms with E-state index in [2.05, 4.69) is 0 Å². The number of nitrogens with zero attached hydrogens (tertiary/aromatic N) is 2. The summed E-state index contributed by atoms with van der Waals surface area (Å²) >= 11 is 0. The van der Waals surface area contributed by atoms with Crippen LogP contribution in [0.4, 0.5) is 0 Å². The maximum atomic E-state index is 12.3. The highest BCUT2D eigenvalue weighted by molar-refractivity contribution is 6.35. The van der Waals surface area contributed by atoms with Crippen molar-refractivity contribution in [2.24, 2.45) is 5.92 Å². The van der Waals surface area contributed by atoms with Crippen molar-refractivity contribution < 1.29 is 23.9 Å². The molecule has 0 aromatic carbocycles. The Morgan fingerprint density at radius 3 is 2.43 bits per heavy atom. The number of ether oxygens (including phenoxy) is 2. The third-order valence-corrected chi connectivity index (χ3v) is 3.81. The topological polar surface area (TPSA) is 76.2 Å². The number of carbonyl (C=O) groups is 3. The molecule has 21 heavy (non-hydrogen) atoms. The maximum absolute atomic E-state index is 12.3. The normalized spacial score (nSPS) is 22.8. The van der Waals surface area contributed by atoms with Crippen LogP contribution < -0.4 is 0 Å². The van der Waals surface area contributed by atoms with Crippen molar-refractivity contribution in [3.63, 3.8) is 0 Å². The zero-order chi connectivity index (χ0) is 15.2. The molecule has 0 aromatic heterocycles. The van der Waals surface area contributed by atoms with Crippen LogP contribution in [0.3, 0.4) is 0 Å². The molecular formula is C14H22N2O5. The predicted octanol–water partition coefficient (Wildman–Crippen LogP) is -0.353. The van der Waals surface area contributed by atoms with Crippen LogP contribution in [0.1, 0.15) is 19.8 Å². The lowest BCUT2D eigenvalue weighted by Crippen LogP contribution is -2.52. The minimum Gasteiger partial charge on any atom is -0.466 e. The Balaban J connectivity index is 1.92. The van der Waals surface area contributed by atoms with Crippen LogP contribution in [-0.2, 0) is 23.9 Å². The first kappa shape index (κ1) is 15.8. The van der Waals surface area contributed by atoms with Crippen LogP contribution in [0.5, 0.6) is 0 Å². The van der Waals surface area contributed by atoms with Gasteiger partial charge in [0.2, 0.25) is 0 Å². The number of hydrogen-bond acceptors (Lipinski definition) is 5. The summed E-state index contributed by atoms with van der Waals surface area (Å²) in [4.78, 5) is 39.2. The number of carbonyl (C=O) groups excluding carboxylic acids is 3. The maximum Gasteiger partial charge on any atom is 0.312 e. The Morgan fingerprint density at radius 2 is 1.76 bits per heavy atom. The van der Waals surface area contributed by atoms with Crippen molar-refractivity contribution in [2.75, 3.05) is 46.0 Å². The van der Waals surface area contributed by atoms with Crippen LogP contribution in [0.25, 0.3) is 0 Å². The average Bonchev–Trinajstić information content (AvgIpc) is 2.54. The lowest BCUT2D eigenvalue weighted by molar-refractivity contribution is -0.158.